The van der Waals surface area contributed by atoms with Crippen molar-refractivity contribution < 1.29 is 22.0 Å². The van der Waals surface area contributed by atoms with Crippen LogP contribution in [0.15, 0.2) is 29.4 Å². The molecule has 0 bridgehead atoms. The van der Waals surface area contributed by atoms with E-state index in [1.165, 1.54) is 0 Å². The zero-order valence-electron chi connectivity index (χ0n) is 6.55. The van der Waals surface area contributed by atoms with Gasteiger partial charge in [-0.2, -0.15) is 22.0 Å². The van der Waals surface area contributed by atoms with Gasteiger partial charge in [-0.3, -0.25) is 4.98 Å². The third kappa shape index (κ3) is 2.57. The maximum atomic E-state index is 12.4. The van der Waals surface area contributed by atoms with Crippen molar-refractivity contribution >= 4 is 11.8 Å². The lowest BCUT2D eigenvalue weighted by molar-refractivity contribution is -0.237. The molecule has 0 spiro atoms. The zero-order valence-corrected chi connectivity index (χ0v) is 7.37. The monoisotopic (exact) mass is 229 g/mol. The molecule has 0 saturated carbocycles. The summed E-state index contributed by atoms with van der Waals surface area (Å²) in [7, 11) is 0. The van der Waals surface area contributed by atoms with Crippen molar-refractivity contribution in [1.82, 2.24) is 4.98 Å². The zero-order chi connectivity index (χ0) is 10.8. The van der Waals surface area contributed by atoms with Gasteiger partial charge in [0.25, 0.3) is 0 Å². The number of halogens is 5. The highest BCUT2D eigenvalue weighted by atomic mass is 32.2. The summed E-state index contributed by atoms with van der Waals surface area (Å²) in [6.07, 6.45) is -3.25. The number of pyridine rings is 1. The van der Waals surface area contributed by atoms with Crippen LogP contribution in [0.3, 0.4) is 0 Å². The summed E-state index contributed by atoms with van der Waals surface area (Å²) in [6.45, 7) is 0. The third-order valence-electron chi connectivity index (χ3n) is 1.23. The standard InChI is InChI=1S/C7H4F5NS/c8-6(9,10)7(11,12)14-5-1-3-13-4-2-5/h1-4H. The molecule has 0 atom stereocenters. The normalized spacial score (nSPS) is 12.9. The van der Waals surface area contributed by atoms with E-state index in [2.05, 4.69) is 4.98 Å². The van der Waals surface area contributed by atoms with E-state index in [1.54, 1.807) is 0 Å². The maximum Gasteiger partial charge on any atom is 0.464 e. The average molecular weight is 229 g/mol. The summed E-state index contributed by atoms with van der Waals surface area (Å²) >= 11 is -0.546. The molecule has 0 unspecified atom stereocenters. The Morgan fingerprint density at radius 3 is 1.93 bits per heavy atom. The minimum absolute atomic E-state index is 0.178. The van der Waals surface area contributed by atoms with Crippen molar-refractivity contribution in [2.75, 3.05) is 0 Å². The van der Waals surface area contributed by atoms with Crippen LogP contribution in [0.5, 0.6) is 0 Å². The third-order valence-corrected chi connectivity index (χ3v) is 2.22. The first-order chi connectivity index (χ1) is 6.33. The van der Waals surface area contributed by atoms with E-state index in [0.29, 0.717) is 0 Å². The van der Waals surface area contributed by atoms with Gasteiger partial charge in [0, 0.05) is 17.3 Å². The van der Waals surface area contributed by atoms with Crippen LogP contribution in [0.2, 0.25) is 0 Å². The molecule has 14 heavy (non-hydrogen) atoms. The van der Waals surface area contributed by atoms with Crippen molar-refractivity contribution in [2.45, 2.75) is 16.3 Å². The number of aromatic nitrogens is 1. The van der Waals surface area contributed by atoms with Gasteiger partial charge in [0.15, 0.2) is 0 Å². The lowest BCUT2D eigenvalue weighted by Crippen LogP contribution is -2.32. The topological polar surface area (TPSA) is 12.9 Å². The molecule has 1 rings (SSSR count). The van der Waals surface area contributed by atoms with Crippen molar-refractivity contribution in [2.24, 2.45) is 0 Å². The van der Waals surface area contributed by atoms with E-state index < -0.39 is 23.2 Å². The van der Waals surface area contributed by atoms with Crippen LogP contribution in [0.25, 0.3) is 0 Å². The van der Waals surface area contributed by atoms with Gasteiger partial charge in [-0.15, -0.1) is 0 Å². The second-order valence-electron chi connectivity index (χ2n) is 2.30. The Kier molecular flexibility index (Phi) is 2.98. The number of hydrogen-bond acceptors (Lipinski definition) is 2. The molecule has 0 fully saturated rings. The van der Waals surface area contributed by atoms with Crippen LogP contribution in [-0.4, -0.2) is 16.4 Å². The molecular weight excluding hydrogens is 225 g/mol. The van der Waals surface area contributed by atoms with Crippen LogP contribution in [0.1, 0.15) is 0 Å². The predicted octanol–water partition coefficient (Wildman–Crippen LogP) is 3.33. The molecule has 7 heteroatoms. The number of hydrogen-bond donors (Lipinski definition) is 0. The van der Waals surface area contributed by atoms with E-state index in [0.717, 1.165) is 24.5 Å². The molecule has 0 aliphatic carbocycles. The number of alkyl halides is 5. The minimum Gasteiger partial charge on any atom is -0.265 e. The van der Waals surface area contributed by atoms with Gasteiger partial charge in [-0.1, -0.05) is 0 Å². The fourth-order valence-electron chi connectivity index (χ4n) is 0.612. The summed E-state index contributed by atoms with van der Waals surface area (Å²) in [5, 5.41) is -4.77. The molecule has 1 nitrogen and oxygen atoms in total. The summed E-state index contributed by atoms with van der Waals surface area (Å²) in [6, 6.07) is 2.18. The van der Waals surface area contributed by atoms with Gasteiger partial charge in [-0.05, 0) is 23.9 Å². The fourth-order valence-corrected chi connectivity index (χ4v) is 1.28. The number of thioether (sulfide) groups is 1. The van der Waals surface area contributed by atoms with E-state index >= 15 is 0 Å². The Bertz CT molecular complexity index is 297. The Morgan fingerprint density at radius 2 is 1.50 bits per heavy atom. The summed E-state index contributed by atoms with van der Waals surface area (Å²) < 4.78 is 60.1. The highest BCUT2D eigenvalue weighted by Gasteiger charge is 2.58. The molecule has 1 aromatic heterocycles. The Hall–Kier alpha value is -0.850. The smallest absolute Gasteiger partial charge is 0.265 e. The molecule has 0 saturated heterocycles. The van der Waals surface area contributed by atoms with Crippen molar-refractivity contribution in [3.63, 3.8) is 0 Å². The molecule has 1 heterocycles. The first kappa shape index (κ1) is 11.2. The minimum atomic E-state index is -5.54. The summed E-state index contributed by atoms with van der Waals surface area (Å²) in [5.74, 6) is 0. The molecule has 0 aromatic carbocycles. The summed E-state index contributed by atoms with van der Waals surface area (Å²) in [4.78, 5) is 3.32. The molecule has 1 aromatic rings. The second-order valence-corrected chi connectivity index (χ2v) is 3.49. The fraction of sp³-hybridized carbons (Fsp3) is 0.286. The van der Waals surface area contributed by atoms with Gasteiger partial charge in [-0.25, -0.2) is 0 Å². The number of rotatable bonds is 2. The van der Waals surface area contributed by atoms with Crippen LogP contribution in [-0.2, 0) is 0 Å². The summed E-state index contributed by atoms with van der Waals surface area (Å²) in [5.41, 5.74) is 0. The van der Waals surface area contributed by atoms with Crippen molar-refractivity contribution in [3.8, 4) is 0 Å². The van der Waals surface area contributed by atoms with Gasteiger partial charge in [0.2, 0.25) is 0 Å². The quantitative estimate of drug-likeness (QED) is 0.570. The lowest BCUT2D eigenvalue weighted by Gasteiger charge is -2.18. The lowest BCUT2D eigenvalue weighted by atomic mass is 10.5. The van der Waals surface area contributed by atoms with E-state index in [4.69, 9.17) is 0 Å². The molecule has 0 amide bonds. The highest BCUT2D eigenvalue weighted by molar-refractivity contribution is 8.00. The number of nitrogens with zero attached hydrogens (tertiary/aromatic N) is 1. The molecule has 0 aliphatic rings. The molecule has 0 N–H and O–H groups in total. The van der Waals surface area contributed by atoms with Crippen LogP contribution in [0, 0.1) is 0 Å². The van der Waals surface area contributed by atoms with E-state index in [1.807, 2.05) is 0 Å². The maximum absolute atomic E-state index is 12.4. The Morgan fingerprint density at radius 1 is 1.00 bits per heavy atom. The Labute approximate surface area is 80.3 Å². The van der Waals surface area contributed by atoms with E-state index in [9.17, 15) is 22.0 Å². The van der Waals surface area contributed by atoms with Gasteiger partial charge in [0.1, 0.15) is 0 Å². The van der Waals surface area contributed by atoms with Crippen molar-refractivity contribution in [1.29, 1.82) is 0 Å². The second kappa shape index (κ2) is 3.72. The van der Waals surface area contributed by atoms with Crippen LogP contribution < -0.4 is 0 Å². The van der Waals surface area contributed by atoms with Gasteiger partial charge < -0.3 is 0 Å². The molecule has 0 radical (unpaired) electrons. The van der Waals surface area contributed by atoms with Crippen LogP contribution >= 0.6 is 11.8 Å². The van der Waals surface area contributed by atoms with Crippen molar-refractivity contribution in [3.05, 3.63) is 24.5 Å². The first-order valence-electron chi connectivity index (χ1n) is 3.36. The predicted molar refractivity (Wildman–Crippen MR) is 41.1 cm³/mol. The van der Waals surface area contributed by atoms with Gasteiger partial charge in [0.05, 0.1) is 0 Å². The Balaban J connectivity index is 2.79. The van der Waals surface area contributed by atoms with Gasteiger partial charge >= 0.3 is 11.4 Å². The average Bonchev–Trinajstić information content (AvgIpc) is 2.03. The molecule has 78 valence electrons. The SMILES string of the molecule is FC(F)(F)C(F)(F)Sc1ccncc1. The molecule has 0 aliphatic heterocycles. The highest BCUT2D eigenvalue weighted by Crippen LogP contribution is 2.47. The molecular formula is C7H4F5NS. The van der Waals surface area contributed by atoms with E-state index in [-0.39, 0.29) is 4.90 Å². The van der Waals surface area contributed by atoms with Crippen LogP contribution in [0.4, 0.5) is 22.0 Å². The first-order valence-corrected chi connectivity index (χ1v) is 4.18. The largest absolute Gasteiger partial charge is 0.464 e.